The minimum atomic E-state index is -2.10. The lowest BCUT2D eigenvalue weighted by Gasteiger charge is -2.45. The Kier molecular flexibility index (Phi) is 3.23. The van der Waals surface area contributed by atoms with E-state index in [1.165, 1.54) is 0 Å². The summed E-state index contributed by atoms with van der Waals surface area (Å²) in [6.07, 6.45) is 2.43. The monoisotopic (exact) mass is 346 g/mol. The highest BCUT2D eigenvalue weighted by Gasteiger charge is 2.73. The van der Waals surface area contributed by atoms with Gasteiger partial charge in [0, 0.05) is 5.92 Å². The van der Waals surface area contributed by atoms with Crippen molar-refractivity contribution in [2.45, 2.75) is 45.5 Å². The Balaban J connectivity index is 2.05. The van der Waals surface area contributed by atoms with Crippen LogP contribution in [0.5, 0.6) is 0 Å². The van der Waals surface area contributed by atoms with Crippen molar-refractivity contribution in [3.63, 3.8) is 0 Å². The van der Waals surface area contributed by atoms with Crippen LogP contribution in [0.1, 0.15) is 27.7 Å². The molecule has 5 heteroatoms. The Morgan fingerprint density at radius 2 is 1.76 bits per heavy atom. The fourth-order valence-corrected chi connectivity index (χ4v) is 5.83. The summed E-state index contributed by atoms with van der Waals surface area (Å²) in [5.41, 5.74) is -2.26. The van der Waals surface area contributed by atoms with Crippen LogP contribution in [0.25, 0.3) is 0 Å². The van der Waals surface area contributed by atoms with Crippen molar-refractivity contribution in [2.75, 3.05) is 6.61 Å². The van der Waals surface area contributed by atoms with Gasteiger partial charge in [-0.1, -0.05) is 37.6 Å². The van der Waals surface area contributed by atoms with Crippen LogP contribution < -0.4 is 0 Å². The number of aliphatic hydroxyl groups is 4. The molecular formula is C20H26O5. The first-order valence-electron chi connectivity index (χ1n) is 8.87. The Morgan fingerprint density at radius 3 is 2.36 bits per heavy atom. The third kappa shape index (κ3) is 1.66. The fourth-order valence-electron chi connectivity index (χ4n) is 5.83. The van der Waals surface area contributed by atoms with Gasteiger partial charge in [0.2, 0.25) is 0 Å². The van der Waals surface area contributed by atoms with Crippen molar-refractivity contribution >= 4 is 5.78 Å². The van der Waals surface area contributed by atoms with E-state index in [9.17, 15) is 25.2 Å². The first-order valence-corrected chi connectivity index (χ1v) is 8.87. The number of hydrogen-bond acceptors (Lipinski definition) is 5. The molecule has 4 aliphatic carbocycles. The number of aliphatic hydroxyl groups excluding tert-OH is 3. The van der Waals surface area contributed by atoms with E-state index in [2.05, 4.69) is 13.8 Å². The highest BCUT2D eigenvalue weighted by Crippen LogP contribution is 2.69. The van der Waals surface area contributed by atoms with Crippen molar-refractivity contribution in [1.82, 2.24) is 0 Å². The lowest BCUT2D eigenvalue weighted by molar-refractivity contribution is -0.172. The van der Waals surface area contributed by atoms with Gasteiger partial charge in [-0.3, -0.25) is 4.79 Å². The largest absolute Gasteiger partial charge is 0.392 e. The molecule has 4 N–H and O–H groups in total. The van der Waals surface area contributed by atoms with Gasteiger partial charge >= 0.3 is 0 Å². The van der Waals surface area contributed by atoms with Crippen molar-refractivity contribution in [3.05, 3.63) is 34.9 Å². The van der Waals surface area contributed by atoms with Crippen LogP contribution in [0.3, 0.4) is 0 Å². The SMILES string of the molecule is CC1=C[C@]23C(=O)[C@@H](C=C(CO)[C@@H](O)[C@]2(O)[C@H]1O)[C@H]1[C@@H](C=C3C)C1(C)C. The predicted molar refractivity (Wildman–Crippen MR) is 91.3 cm³/mol. The van der Waals surface area contributed by atoms with Crippen LogP contribution in [-0.2, 0) is 4.79 Å². The molecule has 25 heavy (non-hydrogen) atoms. The first-order chi connectivity index (χ1) is 11.5. The van der Waals surface area contributed by atoms with Crippen LogP contribution in [0, 0.1) is 28.6 Å². The van der Waals surface area contributed by atoms with E-state index < -0.39 is 35.7 Å². The third-order valence-corrected chi connectivity index (χ3v) is 7.39. The summed E-state index contributed by atoms with van der Waals surface area (Å²) in [7, 11) is 0. The van der Waals surface area contributed by atoms with E-state index in [1.807, 2.05) is 6.08 Å². The van der Waals surface area contributed by atoms with Crippen LogP contribution >= 0.6 is 0 Å². The summed E-state index contributed by atoms with van der Waals surface area (Å²) < 4.78 is 0. The van der Waals surface area contributed by atoms with E-state index in [0.717, 1.165) is 0 Å². The zero-order valence-corrected chi connectivity index (χ0v) is 15.0. The number of allylic oxidation sites excluding steroid dienone is 2. The Labute approximate surface area is 147 Å². The number of ketones is 1. The molecule has 0 aliphatic heterocycles. The molecule has 5 nitrogen and oxygen atoms in total. The molecule has 1 saturated carbocycles. The van der Waals surface area contributed by atoms with Gasteiger partial charge in [-0.2, -0.15) is 0 Å². The van der Waals surface area contributed by atoms with Gasteiger partial charge in [0.05, 0.1) is 6.61 Å². The zero-order valence-electron chi connectivity index (χ0n) is 15.0. The molecule has 1 fully saturated rings. The second kappa shape index (κ2) is 4.71. The summed E-state index contributed by atoms with van der Waals surface area (Å²) in [6, 6.07) is 0. The molecule has 4 rings (SSSR count). The standard InChI is InChI=1S/C20H26O5/c1-9-7-19-10(2)5-13-14(18(13,3)4)12(17(19)24)6-11(8-21)16(23)20(19,25)15(9)22/h5-7,12-16,21-23,25H,8H2,1-4H3/t12-,13+,14-,15-,16+,19-,20+/m0/s1. The molecule has 0 aromatic heterocycles. The maximum atomic E-state index is 13.7. The Hall–Kier alpha value is -1.27. The number of carbonyl (C=O) groups is 1. The average Bonchev–Trinajstić information content (AvgIpc) is 3.05. The lowest BCUT2D eigenvalue weighted by atomic mass is 9.62. The number of carbonyl (C=O) groups excluding carboxylic acids is 1. The van der Waals surface area contributed by atoms with Gasteiger partial charge in [-0.25, -0.2) is 0 Å². The molecule has 136 valence electrons. The van der Waals surface area contributed by atoms with Crippen LogP contribution in [-0.4, -0.2) is 50.6 Å². The second-order valence-electron chi connectivity index (χ2n) is 8.84. The van der Waals surface area contributed by atoms with Crippen molar-refractivity contribution in [2.24, 2.45) is 28.6 Å². The van der Waals surface area contributed by atoms with E-state index >= 15 is 0 Å². The molecular weight excluding hydrogens is 320 g/mol. The fraction of sp³-hybridized carbons (Fsp3) is 0.650. The maximum absolute atomic E-state index is 13.7. The molecule has 0 aromatic rings. The van der Waals surface area contributed by atoms with Gasteiger partial charge in [-0.15, -0.1) is 0 Å². The molecule has 0 unspecified atom stereocenters. The molecule has 0 aromatic carbocycles. The van der Waals surface area contributed by atoms with Crippen LogP contribution in [0.15, 0.2) is 34.9 Å². The molecule has 0 saturated heterocycles. The summed E-state index contributed by atoms with van der Waals surface area (Å²) in [4.78, 5) is 13.7. The number of fused-ring (bicyclic) bond motifs is 3. The molecule has 7 atom stereocenters. The highest BCUT2D eigenvalue weighted by atomic mass is 16.4. The summed E-state index contributed by atoms with van der Waals surface area (Å²) in [5, 5.41) is 42.9. The van der Waals surface area contributed by atoms with Crippen LogP contribution in [0.4, 0.5) is 0 Å². The third-order valence-electron chi connectivity index (χ3n) is 7.39. The molecule has 0 radical (unpaired) electrons. The van der Waals surface area contributed by atoms with E-state index in [1.54, 1.807) is 26.0 Å². The number of rotatable bonds is 1. The Morgan fingerprint density at radius 1 is 1.12 bits per heavy atom. The summed E-state index contributed by atoms with van der Waals surface area (Å²) in [5.74, 6) is -0.436. The highest BCUT2D eigenvalue weighted by molar-refractivity contribution is 5.98. The van der Waals surface area contributed by atoms with Crippen molar-refractivity contribution < 1.29 is 25.2 Å². The van der Waals surface area contributed by atoms with E-state index in [4.69, 9.17) is 0 Å². The normalized spacial score (nSPS) is 50.0. The predicted octanol–water partition coefficient (Wildman–Crippen LogP) is 0.735. The van der Waals surface area contributed by atoms with E-state index in [0.29, 0.717) is 11.1 Å². The molecule has 1 spiro atoms. The topological polar surface area (TPSA) is 98.0 Å². The number of Topliss-reactive ketones (excluding diaryl/α,β-unsaturated/α-hetero) is 1. The second-order valence-corrected chi connectivity index (χ2v) is 8.84. The quantitative estimate of drug-likeness (QED) is 0.525. The van der Waals surface area contributed by atoms with Gasteiger partial charge in [0.1, 0.15) is 23.2 Å². The lowest BCUT2D eigenvalue weighted by Crippen LogP contribution is -2.63. The summed E-state index contributed by atoms with van der Waals surface area (Å²) in [6.45, 7) is 7.22. The van der Waals surface area contributed by atoms with Gasteiger partial charge in [-0.05, 0) is 42.2 Å². The molecule has 0 heterocycles. The zero-order chi connectivity index (χ0) is 18.5. The van der Waals surface area contributed by atoms with E-state index in [-0.39, 0.29) is 28.6 Å². The Bertz CT molecular complexity index is 760. The first kappa shape index (κ1) is 17.2. The van der Waals surface area contributed by atoms with Crippen LogP contribution in [0.2, 0.25) is 0 Å². The summed E-state index contributed by atoms with van der Waals surface area (Å²) >= 11 is 0. The van der Waals surface area contributed by atoms with Crippen molar-refractivity contribution in [1.29, 1.82) is 0 Å². The van der Waals surface area contributed by atoms with Gasteiger partial charge < -0.3 is 20.4 Å². The molecule has 0 amide bonds. The van der Waals surface area contributed by atoms with Crippen molar-refractivity contribution in [3.8, 4) is 0 Å². The number of hydrogen-bond donors (Lipinski definition) is 4. The minimum absolute atomic E-state index is 0.0519. The molecule has 4 aliphatic rings. The minimum Gasteiger partial charge on any atom is -0.392 e. The smallest absolute Gasteiger partial charge is 0.157 e. The van der Waals surface area contributed by atoms with Gasteiger partial charge in [0.15, 0.2) is 5.78 Å². The maximum Gasteiger partial charge on any atom is 0.157 e. The average molecular weight is 346 g/mol. The molecule has 2 bridgehead atoms. The van der Waals surface area contributed by atoms with Gasteiger partial charge in [0.25, 0.3) is 0 Å².